The first-order valence-corrected chi connectivity index (χ1v) is 10.0. The van der Waals surface area contributed by atoms with Gasteiger partial charge < -0.3 is 15.2 Å². The zero-order chi connectivity index (χ0) is 19.7. The van der Waals surface area contributed by atoms with Crippen LogP contribution in [0.15, 0.2) is 29.1 Å². The van der Waals surface area contributed by atoms with Crippen LogP contribution in [0.2, 0.25) is 0 Å². The molecule has 8 nitrogen and oxygen atoms in total. The van der Waals surface area contributed by atoms with E-state index in [0.29, 0.717) is 41.2 Å². The number of amides is 1. The minimum atomic E-state index is -0.115. The molecular weight excluding hydrogens is 376 g/mol. The maximum absolute atomic E-state index is 12.8. The van der Waals surface area contributed by atoms with Gasteiger partial charge in [0, 0.05) is 33.2 Å². The molecule has 1 aromatic carbocycles. The molecule has 28 heavy (non-hydrogen) atoms. The number of nitrogens with zero attached hydrogens (tertiary/aromatic N) is 4. The number of anilines is 1. The second kappa shape index (κ2) is 7.69. The number of benzene rings is 1. The molecule has 9 heteroatoms. The van der Waals surface area contributed by atoms with E-state index in [4.69, 9.17) is 0 Å². The molecule has 146 valence electrons. The minimum absolute atomic E-state index is 0.0355. The number of carbonyl (C=O) groups is 1. The van der Waals surface area contributed by atoms with Crippen molar-refractivity contribution in [2.24, 2.45) is 0 Å². The number of fused-ring (bicyclic) bond motifs is 1. The summed E-state index contributed by atoms with van der Waals surface area (Å²) in [6, 6.07) is 7.33. The van der Waals surface area contributed by atoms with Crippen molar-refractivity contribution in [2.45, 2.75) is 13.5 Å². The summed E-state index contributed by atoms with van der Waals surface area (Å²) in [4.78, 5) is 41.6. The standard InChI is InChI=1S/C19H22N6O2S/c1-12-16(28-19(20-2)21-12)18(27)25-9-7-24(8-10-25)11-15-22-14-6-4-3-5-13(14)17(26)23-15/h3-6H,7-11H2,1-2H3,(H,20,21)(H,22,23,26). The summed E-state index contributed by atoms with van der Waals surface area (Å²) in [7, 11) is 1.80. The van der Waals surface area contributed by atoms with Crippen LogP contribution in [0.3, 0.4) is 0 Å². The second-order valence-corrected chi connectivity index (χ2v) is 7.78. The monoisotopic (exact) mass is 398 g/mol. The van der Waals surface area contributed by atoms with Gasteiger partial charge in [0.15, 0.2) is 5.13 Å². The van der Waals surface area contributed by atoms with Crippen molar-refractivity contribution < 1.29 is 4.79 Å². The molecule has 0 saturated carbocycles. The highest BCUT2D eigenvalue weighted by atomic mass is 32.1. The van der Waals surface area contributed by atoms with Gasteiger partial charge in [-0.2, -0.15) is 0 Å². The number of hydrogen-bond acceptors (Lipinski definition) is 7. The highest BCUT2D eigenvalue weighted by Crippen LogP contribution is 2.24. The number of aromatic amines is 1. The van der Waals surface area contributed by atoms with Crippen LogP contribution in [0.1, 0.15) is 21.2 Å². The number of nitrogens with one attached hydrogen (secondary N) is 2. The summed E-state index contributed by atoms with van der Waals surface area (Å²) in [5.41, 5.74) is 1.35. The van der Waals surface area contributed by atoms with Crippen molar-refractivity contribution in [3.63, 3.8) is 0 Å². The Labute approximate surface area is 166 Å². The largest absolute Gasteiger partial charge is 0.365 e. The number of rotatable bonds is 4. The first kappa shape index (κ1) is 18.6. The van der Waals surface area contributed by atoms with Gasteiger partial charge in [0.1, 0.15) is 10.7 Å². The van der Waals surface area contributed by atoms with E-state index in [2.05, 4.69) is 25.2 Å². The quantitative estimate of drug-likeness (QED) is 0.695. The Morgan fingerprint density at radius 1 is 1.21 bits per heavy atom. The molecule has 2 N–H and O–H groups in total. The Morgan fingerprint density at radius 3 is 2.68 bits per heavy atom. The smallest absolute Gasteiger partial charge is 0.266 e. The van der Waals surface area contributed by atoms with Crippen molar-refractivity contribution >= 4 is 33.3 Å². The van der Waals surface area contributed by atoms with Crippen molar-refractivity contribution in [2.75, 3.05) is 38.5 Å². The van der Waals surface area contributed by atoms with Crippen LogP contribution in [-0.2, 0) is 6.54 Å². The van der Waals surface area contributed by atoms with Gasteiger partial charge in [0.05, 0.1) is 23.1 Å². The summed E-state index contributed by atoms with van der Waals surface area (Å²) in [6.45, 7) is 5.18. The molecule has 0 atom stereocenters. The predicted molar refractivity (Wildman–Crippen MR) is 110 cm³/mol. The average Bonchev–Trinajstić information content (AvgIpc) is 3.09. The van der Waals surface area contributed by atoms with Crippen LogP contribution in [0.4, 0.5) is 5.13 Å². The van der Waals surface area contributed by atoms with Crippen LogP contribution in [-0.4, -0.2) is 63.9 Å². The summed E-state index contributed by atoms with van der Waals surface area (Å²) in [5.74, 6) is 0.689. The molecule has 1 fully saturated rings. The van der Waals surface area contributed by atoms with Gasteiger partial charge in [-0.25, -0.2) is 9.97 Å². The molecule has 2 aromatic heterocycles. The topological polar surface area (TPSA) is 94.2 Å². The molecule has 0 aliphatic carbocycles. The Kier molecular flexibility index (Phi) is 5.10. The van der Waals surface area contributed by atoms with Crippen molar-refractivity contribution in [3.05, 3.63) is 51.0 Å². The molecule has 0 radical (unpaired) electrons. The maximum atomic E-state index is 12.8. The second-order valence-electron chi connectivity index (χ2n) is 6.78. The molecule has 4 rings (SSSR count). The molecule has 1 aliphatic rings. The number of piperazine rings is 1. The number of hydrogen-bond donors (Lipinski definition) is 2. The van der Waals surface area contributed by atoms with E-state index < -0.39 is 0 Å². The summed E-state index contributed by atoms with van der Waals surface area (Å²) >= 11 is 1.39. The lowest BCUT2D eigenvalue weighted by molar-refractivity contribution is 0.0629. The zero-order valence-electron chi connectivity index (χ0n) is 15.9. The van der Waals surface area contributed by atoms with Crippen molar-refractivity contribution in [1.29, 1.82) is 0 Å². The molecular formula is C19H22N6O2S. The molecule has 0 spiro atoms. The van der Waals surface area contributed by atoms with Crippen LogP contribution in [0.5, 0.6) is 0 Å². The number of thiazole rings is 1. The molecule has 3 heterocycles. The Balaban J connectivity index is 1.41. The fourth-order valence-electron chi connectivity index (χ4n) is 3.38. The fourth-order valence-corrected chi connectivity index (χ4v) is 4.26. The summed E-state index contributed by atoms with van der Waals surface area (Å²) < 4.78 is 0. The van der Waals surface area contributed by atoms with E-state index in [1.54, 1.807) is 13.1 Å². The first-order valence-electron chi connectivity index (χ1n) is 9.20. The number of aromatic nitrogens is 3. The third-order valence-electron chi connectivity index (χ3n) is 4.90. The van der Waals surface area contributed by atoms with Gasteiger partial charge in [-0.3, -0.25) is 14.5 Å². The van der Waals surface area contributed by atoms with Crippen LogP contribution >= 0.6 is 11.3 Å². The van der Waals surface area contributed by atoms with Gasteiger partial charge in [0.2, 0.25) is 0 Å². The Bertz CT molecular complexity index is 1070. The highest BCUT2D eigenvalue weighted by Gasteiger charge is 2.25. The van der Waals surface area contributed by atoms with Gasteiger partial charge in [-0.1, -0.05) is 23.5 Å². The van der Waals surface area contributed by atoms with Gasteiger partial charge >= 0.3 is 0 Å². The van der Waals surface area contributed by atoms with Gasteiger partial charge in [-0.05, 0) is 19.1 Å². The lowest BCUT2D eigenvalue weighted by Gasteiger charge is -2.34. The van der Waals surface area contributed by atoms with E-state index in [-0.39, 0.29) is 11.5 Å². The zero-order valence-corrected chi connectivity index (χ0v) is 16.7. The number of carbonyl (C=O) groups excluding carboxylic acids is 1. The molecule has 1 saturated heterocycles. The third-order valence-corrected chi connectivity index (χ3v) is 6.06. The number of H-pyrrole nitrogens is 1. The molecule has 3 aromatic rings. The SMILES string of the molecule is CNc1nc(C)c(C(=O)N2CCN(Cc3nc4ccccc4c(=O)[nH]3)CC2)s1. The number of aryl methyl sites for hydroxylation is 1. The van der Waals surface area contributed by atoms with Crippen LogP contribution < -0.4 is 10.9 Å². The summed E-state index contributed by atoms with van der Waals surface area (Å²) in [5, 5.41) is 4.34. The Morgan fingerprint density at radius 2 is 1.96 bits per heavy atom. The van der Waals surface area contributed by atoms with E-state index in [0.717, 1.165) is 23.9 Å². The lowest BCUT2D eigenvalue weighted by Crippen LogP contribution is -2.48. The normalized spacial score (nSPS) is 15.1. The molecule has 1 aliphatic heterocycles. The van der Waals surface area contributed by atoms with Gasteiger partial charge in [0.25, 0.3) is 11.5 Å². The predicted octanol–water partition coefficient (Wildman–Crippen LogP) is 1.69. The molecule has 0 unspecified atom stereocenters. The Hall–Kier alpha value is -2.78. The molecule has 1 amide bonds. The lowest BCUT2D eigenvalue weighted by atomic mass is 10.2. The fraction of sp³-hybridized carbons (Fsp3) is 0.368. The first-order chi connectivity index (χ1) is 13.5. The van der Waals surface area contributed by atoms with Gasteiger partial charge in [-0.15, -0.1) is 0 Å². The van der Waals surface area contributed by atoms with Crippen molar-refractivity contribution in [3.8, 4) is 0 Å². The molecule has 0 bridgehead atoms. The average molecular weight is 398 g/mol. The van der Waals surface area contributed by atoms with E-state index in [1.165, 1.54) is 11.3 Å². The maximum Gasteiger partial charge on any atom is 0.266 e. The minimum Gasteiger partial charge on any atom is -0.365 e. The van der Waals surface area contributed by atoms with Crippen LogP contribution in [0.25, 0.3) is 10.9 Å². The van der Waals surface area contributed by atoms with E-state index >= 15 is 0 Å². The van der Waals surface area contributed by atoms with Crippen molar-refractivity contribution in [1.82, 2.24) is 24.8 Å². The number of para-hydroxylation sites is 1. The van der Waals surface area contributed by atoms with E-state index in [9.17, 15) is 9.59 Å². The highest BCUT2D eigenvalue weighted by molar-refractivity contribution is 7.17. The van der Waals surface area contributed by atoms with E-state index in [1.807, 2.05) is 30.0 Å². The summed E-state index contributed by atoms with van der Waals surface area (Å²) in [6.07, 6.45) is 0. The third kappa shape index (κ3) is 3.63. The van der Waals surface area contributed by atoms with Crippen LogP contribution in [0, 0.1) is 6.92 Å².